The van der Waals surface area contributed by atoms with Gasteiger partial charge >= 0.3 is 0 Å². The van der Waals surface area contributed by atoms with Gasteiger partial charge in [0.25, 0.3) is 0 Å². The summed E-state index contributed by atoms with van der Waals surface area (Å²) >= 11 is 6.63. The van der Waals surface area contributed by atoms with Crippen LogP contribution in [0.1, 0.15) is 45.4 Å². The fourth-order valence-corrected chi connectivity index (χ4v) is 3.55. The molecular weight excluding hydrogens is 266 g/mol. The third-order valence-corrected chi connectivity index (χ3v) is 4.91. The lowest BCUT2D eigenvalue weighted by molar-refractivity contribution is -0.134. The summed E-state index contributed by atoms with van der Waals surface area (Å²) < 4.78 is 6.45. The highest BCUT2D eigenvalue weighted by Gasteiger charge is 2.42. The summed E-state index contributed by atoms with van der Waals surface area (Å²) in [6, 6.07) is 0.746. The second-order valence-corrected chi connectivity index (χ2v) is 6.51. The number of thiocarbonyl (C=S) groups is 1. The van der Waals surface area contributed by atoms with Gasteiger partial charge in [0.05, 0.1) is 0 Å². The number of carbonyl (C=O) groups is 1. The van der Waals surface area contributed by atoms with Gasteiger partial charge in [-0.3, -0.25) is 4.79 Å². The van der Waals surface area contributed by atoms with Gasteiger partial charge in [-0.15, -0.1) is 0 Å². The molecule has 0 aromatic rings. The molecule has 3 unspecified atom stereocenters. The van der Waals surface area contributed by atoms with E-state index in [1.807, 2.05) is 6.26 Å². The number of hydrogen-bond donors (Lipinski definition) is 0. The number of ether oxygens (including phenoxy) is 1. The van der Waals surface area contributed by atoms with Crippen LogP contribution in [0.3, 0.4) is 0 Å². The molecule has 1 amide bonds. The van der Waals surface area contributed by atoms with Crippen LogP contribution in [0.15, 0.2) is 0 Å². The van der Waals surface area contributed by atoms with Gasteiger partial charge in [-0.05, 0) is 31.3 Å². The van der Waals surface area contributed by atoms with Gasteiger partial charge in [-0.2, -0.15) is 0 Å². The highest BCUT2D eigenvalue weighted by molar-refractivity contribution is 8.22. The summed E-state index contributed by atoms with van der Waals surface area (Å²) in [6.07, 6.45) is 7.93. The van der Waals surface area contributed by atoms with Gasteiger partial charge in [0.15, 0.2) is 0 Å². The minimum Gasteiger partial charge on any atom is -0.475 e. The van der Waals surface area contributed by atoms with E-state index in [2.05, 4.69) is 11.8 Å². The summed E-state index contributed by atoms with van der Waals surface area (Å²) in [7, 11) is 0. The summed E-state index contributed by atoms with van der Waals surface area (Å²) in [5.74, 6) is 0.337. The third kappa shape index (κ3) is 2.99. The molecule has 0 N–H and O–H groups in total. The van der Waals surface area contributed by atoms with Crippen molar-refractivity contribution in [3.63, 3.8) is 0 Å². The number of hydrogen-bond acceptors (Lipinski definition) is 4. The van der Waals surface area contributed by atoms with Gasteiger partial charge in [0.2, 0.25) is 10.3 Å². The molecule has 3 nitrogen and oxygen atoms in total. The number of piperidine rings is 1. The van der Waals surface area contributed by atoms with Crippen LogP contribution in [0.25, 0.3) is 0 Å². The van der Waals surface area contributed by atoms with Crippen molar-refractivity contribution in [1.29, 1.82) is 0 Å². The Balaban J connectivity index is 2.02. The Morgan fingerprint density at radius 1 is 1.56 bits per heavy atom. The van der Waals surface area contributed by atoms with E-state index >= 15 is 0 Å². The lowest BCUT2D eigenvalue weighted by Gasteiger charge is -2.41. The Morgan fingerprint density at radius 3 is 3.00 bits per heavy atom. The molecule has 0 bridgehead atoms. The first-order valence-corrected chi connectivity index (χ1v) is 8.34. The van der Waals surface area contributed by atoms with E-state index < -0.39 is 0 Å². The molecule has 0 aromatic carbocycles. The summed E-state index contributed by atoms with van der Waals surface area (Å²) in [5.41, 5.74) is 0. The maximum Gasteiger partial charge on any atom is 0.223 e. The van der Waals surface area contributed by atoms with E-state index in [1.165, 1.54) is 11.8 Å². The van der Waals surface area contributed by atoms with Crippen LogP contribution in [0.2, 0.25) is 0 Å². The molecule has 2 rings (SSSR count). The summed E-state index contributed by atoms with van der Waals surface area (Å²) in [4.78, 5) is 14.1. The van der Waals surface area contributed by atoms with Crippen LogP contribution in [-0.4, -0.2) is 39.6 Å². The lowest BCUT2D eigenvalue weighted by Crippen LogP contribution is -2.50. The quantitative estimate of drug-likeness (QED) is 0.746. The van der Waals surface area contributed by atoms with Crippen LogP contribution < -0.4 is 0 Å². The monoisotopic (exact) mass is 287 g/mol. The molecular formula is C13H21NO2S2. The van der Waals surface area contributed by atoms with Crippen molar-refractivity contribution in [1.82, 2.24) is 4.90 Å². The second-order valence-electron chi connectivity index (χ2n) is 5.10. The predicted molar refractivity (Wildman–Crippen MR) is 78.8 cm³/mol. The average molecular weight is 287 g/mol. The summed E-state index contributed by atoms with van der Waals surface area (Å²) in [6.45, 7) is 2.17. The molecule has 18 heavy (non-hydrogen) atoms. The number of fused-ring (bicyclic) bond motifs is 1. The van der Waals surface area contributed by atoms with Crippen molar-refractivity contribution in [2.45, 2.75) is 63.6 Å². The highest BCUT2D eigenvalue weighted by Crippen LogP contribution is 2.35. The topological polar surface area (TPSA) is 29.5 Å². The van der Waals surface area contributed by atoms with Crippen LogP contribution in [-0.2, 0) is 9.53 Å². The maximum absolute atomic E-state index is 11.9. The minimum atomic E-state index is 0.202. The van der Waals surface area contributed by atoms with Crippen molar-refractivity contribution in [2.75, 3.05) is 6.26 Å². The van der Waals surface area contributed by atoms with E-state index in [-0.39, 0.29) is 6.10 Å². The first-order chi connectivity index (χ1) is 8.65. The molecule has 2 fully saturated rings. The second kappa shape index (κ2) is 6.24. The zero-order valence-corrected chi connectivity index (χ0v) is 12.7. The van der Waals surface area contributed by atoms with E-state index in [0.29, 0.717) is 28.8 Å². The van der Waals surface area contributed by atoms with Crippen LogP contribution in [0, 0.1) is 0 Å². The zero-order chi connectivity index (χ0) is 13.1. The molecule has 2 aliphatic rings. The molecule has 3 atom stereocenters. The fraction of sp³-hybridized carbons (Fsp3) is 0.846. The number of amides is 1. The molecule has 2 saturated heterocycles. The van der Waals surface area contributed by atoms with Crippen molar-refractivity contribution in [2.24, 2.45) is 0 Å². The fourth-order valence-electron chi connectivity index (χ4n) is 3.18. The minimum absolute atomic E-state index is 0.202. The van der Waals surface area contributed by atoms with E-state index in [0.717, 1.165) is 32.1 Å². The molecule has 0 radical (unpaired) electrons. The Kier molecular flexibility index (Phi) is 4.90. The Morgan fingerprint density at radius 2 is 2.33 bits per heavy atom. The third-order valence-electron chi connectivity index (χ3n) is 3.89. The van der Waals surface area contributed by atoms with Crippen molar-refractivity contribution >= 4 is 34.3 Å². The predicted octanol–water partition coefficient (Wildman–Crippen LogP) is 2.97. The Hall–Kier alpha value is -0.290. The van der Waals surface area contributed by atoms with Crippen LogP contribution in [0.4, 0.5) is 0 Å². The first kappa shape index (κ1) is 14.1. The van der Waals surface area contributed by atoms with E-state index in [4.69, 9.17) is 17.0 Å². The average Bonchev–Trinajstić information content (AvgIpc) is 2.71. The first-order valence-electron chi connectivity index (χ1n) is 6.71. The largest absolute Gasteiger partial charge is 0.475 e. The number of nitrogens with zero attached hydrogens (tertiary/aromatic N) is 1. The lowest BCUT2D eigenvalue weighted by atomic mass is 9.91. The summed E-state index contributed by atoms with van der Waals surface area (Å²) in [5, 5.41) is 0. The van der Waals surface area contributed by atoms with E-state index in [9.17, 15) is 4.79 Å². The standard InChI is InChI=1S/C13H21NO2S2/c1-3-4-9-7-11(16-13(17)18-2)8-10-5-6-12(15)14(9)10/h9-11H,3-8H2,1-2H3. The molecule has 0 saturated carbocycles. The van der Waals surface area contributed by atoms with Crippen molar-refractivity contribution < 1.29 is 9.53 Å². The van der Waals surface area contributed by atoms with Crippen molar-refractivity contribution in [3.8, 4) is 0 Å². The maximum atomic E-state index is 11.9. The number of thioether (sulfide) groups is 1. The highest BCUT2D eigenvalue weighted by atomic mass is 32.2. The Bertz CT molecular complexity index is 335. The molecule has 0 aromatic heterocycles. The van der Waals surface area contributed by atoms with Gasteiger partial charge < -0.3 is 9.64 Å². The molecule has 2 aliphatic heterocycles. The zero-order valence-electron chi connectivity index (χ0n) is 11.1. The molecule has 0 aliphatic carbocycles. The normalized spacial score (nSPS) is 31.3. The number of rotatable bonds is 3. The van der Waals surface area contributed by atoms with Crippen LogP contribution in [0.5, 0.6) is 0 Å². The molecule has 2 heterocycles. The van der Waals surface area contributed by atoms with Crippen LogP contribution >= 0.6 is 24.0 Å². The van der Waals surface area contributed by atoms with Crippen molar-refractivity contribution in [3.05, 3.63) is 0 Å². The smallest absolute Gasteiger partial charge is 0.223 e. The van der Waals surface area contributed by atoms with E-state index in [1.54, 1.807) is 0 Å². The van der Waals surface area contributed by atoms with Gasteiger partial charge in [0, 0.05) is 31.3 Å². The SMILES string of the molecule is CCCC1CC(OC(=S)SC)CC2CCC(=O)N12. The van der Waals surface area contributed by atoms with Gasteiger partial charge in [-0.25, -0.2) is 0 Å². The molecule has 5 heteroatoms. The van der Waals surface area contributed by atoms with Gasteiger partial charge in [0.1, 0.15) is 6.10 Å². The van der Waals surface area contributed by atoms with Gasteiger partial charge in [-0.1, -0.05) is 25.1 Å². The molecule has 102 valence electrons. The Labute approximate surface area is 119 Å². The number of carbonyl (C=O) groups excluding carboxylic acids is 1. The molecule has 0 spiro atoms.